The molecule has 0 spiro atoms. The Bertz CT molecular complexity index is 185. The van der Waals surface area contributed by atoms with E-state index in [-0.39, 0.29) is 12.1 Å². The fourth-order valence-electron chi connectivity index (χ4n) is 1.60. The predicted octanol–water partition coefficient (Wildman–Crippen LogP) is -0.915. The molecule has 5 nitrogen and oxygen atoms in total. The highest BCUT2D eigenvalue weighted by atomic mass is 16.5. The number of hydrogen-bond donors (Lipinski definition) is 2. The van der Waals surface area contributed by atoms with E-state index in [0.29, 0.717) is 13.1 Å². The molecule has 0 bridgehead atoms. The molecule has 1 atom stereocenters. The second-order valence-corrected chi connectivity index (χ2v) is 2.92. The molecule has 2 rings (SSSR count). The average molecular weight is 157 g/mol. The minimum Gasteiger partial charge on any atom is -0.315 e. The van der Waals surface area contributed by atoms with Crippen LogP contribution in [0.15, 0.2) is 0 Å². The maximum absolute atomic E-state index is 11.1. The Morgan fingerprint density at radius 3 is 3.18 bits per heavy atom. The van der Waals surface area contributed by atoms with E-state index in [1.54, 1.807) is 4.90 Å². The zero-order valence-electron chi connectivity index (χ0n) is 6.16. The summed E-state index contributed by atoms with van der Waals surface area (Å²) in [5.41, 5.74) is 0. The molecular formula is C6H11N3O2. The van der Waals surface area contributed by atoms with Crippen molar-refractivity contribution in [2.75, 3.05) is 26.2 Å². The van der Waals surface area contributed by atoms with Gasteiger partial charge in [0.25, 0.3) is 0 Å². The van der Waals surface area contributed by atoms with E-state index in [9.17, 15) is 4.79 Å². The summed E-state index contributed by atoms with van der Waals surface area (Å²) in [6.07, 6.45) is 0. The second-order valence-electron chi connectivity index (χ2n) is 2.92. The molecule has 0 saturated carbocycles. The van der Waals surface area contributed by atoms with Crippen LogP contribution in [0.2, 0.25) is 0 Å². The molecule has 0 unspecified atom stereocenters. The van der Waals surface area contributed by atoms with Gasteiger partial charge in [0.1, 0.15) is 0 Å². The number of amides is 2. The fraction of sp³-hybridized carbons (Fsp3) is 0.833. The maximum Gasteiger partial charge on any atom is 0.344 e. The van der Waals surface area contributed by atoms with Crippen molar-refractivity contribution in [2.24, 2.45) is 0 Å². The number of rotatable bonds is 0. The number of urea groups is 1. The van der Waals surface area contributed by atoms with Gasteiger partial charge in [-0.3, -0.25) is 5.21 Å². The highest BCUT2D eigenvalue weighted by Crippen LogP contribution is 2.14. The zero-order valence-corrected chi connectivity index (χ0v) is 6.16. The number of hydrogen-bond acceptors (Lipinski definition) is 3. The van der Waals surface area contributed by atoms with Gasteiger partial charge in [-0.05, 0) is 0 Å². The first-order chi connectivity index (χ1) is 5.29. The Balaban J connectivity index is 2.11. The Hall–Kier alpha value is -0.810. The monoisotopic (exact) mass is 157 g/mol. The number of carbonyl (C=O) groups is 1. The summed E-state index contributed by atoms with van der Waals surface area (Å²) in [5.74, 6) is 0. The standard InChI is InChI=1S/C6H11N3O2/c10-6-8-2-1-7-3-5(8)4-9(6)11/h5,7,11H,1-4H2/t5-/m0/s1. The third kappa shape index (κ3) is 0.965. The maximum atomic E-state index is 11.1. The predicted molar refractivity (Wildman–Crippen MR) is 37.3 cm³/mol. The number of carbonyl (C=O) groups excluding carboxylic acids is 1. The average Bonchev–Trinajstić information content (AvgIpc) is 2.30. The summed E-state index contributed by atoms with van der Waals surface area (Å²) in [5, 5.41) is 13.0. The van der Waals surface area contributed by atoms with Crippen LogP contribution in [0.25, 0.3) is 0 Å². The van der Waals surface area contributed by atoms with Crippen LogP contribution in [0.5, 0.6) is 0 Å². The molecule has 0 aliphatic carbocycles. The van der Waals surface area contributed by atoms with E-state index in [1.807, 2.05) is 0 Å². The lowest BCUT2D eigenvalue weighted by Gasteiger charge is -2.27. The van der Waals surface area contributed by atoms with Crippen molar-refractivity contribution < 1.29 is 10.0 Å². The number of hydroxylamine groups is 2. The Kier molecular flexibility index (Phi) is 1.47. The van der Waals surface area contributed by atoms with Gasteiger partial charge in [0, 0.05) is 19.6 Å². The van der Waals surface area contributed by atoms with Gasteiger partial charge in [-0.1, -0.05) is 0 Å². The molecule has 62 valence electrons. The highest BCUT2D eigenvalue weighted by molar-refractivity contribution is 5.76. The Labute approximate surface area is 64.5 Å². The van der Waals surface area contributed by atoms with Gasteiger partial charge >= 0.3 is 6.03 Å². The van der Waals surface area contributed by atoms with E-state index >= 15 is 0 Å². The van der Waals surface area contributed by atoms with Crippen molar-refractivity contribution in [1.82, 2.24) is 15.3 Å². The first-order valence-electron chi connectivity index (χ1n) is 3.77. The lowest BCUT2D eigenvalue weighted by molar-refractivity contribution is -0.0280. The minimum atomic E-state index is -0.253. The van der Waals surface area contributed by atoms with Gasteiger partial charge in [-0.15, -0.1) is 0 Å². The van der Waals surface area contributed by atoms with Crippen molar-refractivity contribution >= 4 is 6.03 Å². The van der Waals surface area contributed by atoms with Gasteiger partial charge in [-0.25, -0.2) is 9.86 Å². The molecule has 0 aromatic carbocycles. The van der Waals surface area contributed by atoms with Gasteiger partial charge < -0.3 is 10.2 Å². The van der Waals surface area contributed by atoms with E-state index in [4.69, 9.17) is 5.21 Å². The SMILES string of the molecule is O=C1N(O)C[C@@H]2CNCCN12. The van der Waals surface area contributed by atoms with Crippen LogP contribution in [0.3, 0.4) is 0 Å². The second kappa shape index (κ2) is 2.35. The summed E-state index contributed by atoms with van der Waals surface area (Å²) in [6.45, 7) is 2.77. The molecule has 2 heterocycles. The van der Waals surface area contributed by atoms with E-state index < -0.39 is 0 Å². The van der Waals surface area contributed by atoms with Gasteiger partial charge in [0.2, 0.25) is 0 Å². The lowest BCUT2D eigenvalue weighted by atomic mass is 10.2. The number of fused-ring (bicyclic) bond motifs is 1. The first-order valence-corrected chi connectivity index (χ1v) is 3.77. The largest absolute Gasteiger partial charge is 0.344 e. The van der Waals surface area contributed by atoms with E-state index in [2.05, 4.69) is 5.32 Å². The summed E-state index contributed by atoms with van der Waals surface area (Å²) in [7, 11) is 0. The smallest absolute Gasteiger partial charge is 0.315 e. The number of piperazine rings is 1. The molecule has 2 saturated heterocycles. The minimum absolute atomic E-state index is 0.168. The van der Waals surface area contributed by atoms with Crippen molar-refractivity contribution in [3.63, 3.8) is 0 Å². The molecule has 0 radical (unpaired) electrons. The number of nitrogens with one attached hydrogen (secondary N) is 1. The van der Waals surface area contributed by atoms with Gasteiger partial charge in [0.15, 0.2) is 0 Å². The summed E-state index contributed by atoms with van der Waals surface area (Å²) in [4.78, 5) is 12.8. The molecule has 2 aliphatic heterocycles. The number of nitrogens with zero attached hydrogens (tertiary/aromatic N) is 2. The zero-order chi connectivity index (χ0) is 7.84. The van der Waals surface area contributed by atoms with Crippen LogP contribution in [-0.4, -0.2) is 53.4 Å². The van der Waals surface area contributed by atoms with Gasteiger partial charge in [-0.2, -0.15) is 0 Å². The quantitative estimate of drug-likeness (QED) is 0.447. The molecule has 2 fully saturated rings. The van der Waals surface area contributed by atoms with Crippen molar-refractivity contribution in [2.45, 2.75) is 6.04 Å². The van der Waals surface area contributed by atoms with Crippen LogP contribution in [0.1, 0.15) is 0 Å². The molecule has 0 aromatic rings. The molecular weight excluding hydrogens is 146 g/mol. The summed E-state index contributed by atoms with van der Waals surface area (Å²) in [6, 6.07) is -0.0854. The van der Waals surface area contributed by atoms with Crippen LogP contribution in [0, 0.1) is 0 Å². The van der Waals surface area contributed by atoms with Crippen LogP contribution >= 0.6 is 0 Å². The molecule has 11 heavy (non-hydrogen) atoms. The highest BCUT2D eigenvalue weighted by Gasteiger charge is 2.37. The van der Waals surface area contributed by atoms with E-state index in [0.717, 1.165) is 18.2 Å². The fourth-order valence-corrected chi connectivity index (χ4v) is 1.60. The molecule has 2 aliphatic rings. The van der Waals surface area contributed by atoms with Crippen LogP contribution in [0.4, 0.5) is 4.79 Å². The van der Waals surface area contributed by atoms with Crippen molar-refractivity contribution in [3.8, 4) is 0 Å². The molecule has 2 N–H and O–H groups in total. The topological polar surface area (TPSA) is 55.8 Å². The summed E-state index contributed by atoms with van der Waals surface area (Å²) >= 11 is 0. The molecule has 5 heteroatoms. The molecule has 0 aromatic heterocycles. The van der Waals surface area contributed by atoms with Crippen LogP contribution < -0.4 is 5.32 Å². The first kappa shape index (κ1) is 6.87. The summed E-state index contributed by atoms with van der Waals surface area (Å²) < 4.78 is 0. The Morgan fingerprint density at radius 2 is 2.45 bits per heavy atom. The molecule has 2 amide bonds. The van der Waals surface area contributed by atoms with Crippen molar-refractivity contribution in [3.05, 3.63) is 0 Å². The van der Waals surface area contributed by atoms with E-state index in [1.165, 1.54) is 0 Å². The third-order valence-corrected chi connectivity index (χ3v) is 2.20. The normalized spacial score (nSPS) is 31.0. The Morgan fingerprint density at radius 1 is 1.64 bits per heavy atom. The van der Waals surface area contributed by atoms with Crippen LogP contribution in [-0.2, 0) is 0 Å². The third-order valence-electron chi connectivity index (χ3n) is 2.20. The van der Waals surface area contributed by atoms with Gasteiger partial charge in [0.05, 0.1) is 12.6 Å². The van der Waals surface area contributed by atoms with Crippen molar-refractivity contribution in [1.29, 1.82) is 0 Å². The lowest BCUT2D eigenvalue weighted by Crippen LogP contribution is -2.49.